The quantitative estimate of drug-likeness (QED) is 0.733. The number of carbonyl (C=O) groups excluding carboxylic acids is 2. The highest BCUT2D eigenvalue weighted by molar-refractivity contribution is 6.13. The molecule has 142 valence electrons. The summed E-state index contributed by atoms with van der Waals surface area (Å²) in [5.41, 5.74) is 4.93. The molecule has 5 heteroatoms. The Kier molecular flexibility index (Phi) is 4.82. The molecule has 2 amide bonds. The minimum absolute atomic E-state index is 0.143. The molecule has 1 aliphatic heterocycles. The molecule has 0 spiro atoms. The van der Waals surface area contributed by atoms with Crippen LogP contribution in [0, 0.1) is 6.92 Å². The maximum Gasteiger partial charge on any atom is 0.256 e. The van der Waals surface area contributed by atoms with Crippen LogP contribution < -0.4 is 10.2 Å². The van der Waals surface area contributed by atoms with Gasteiger partial charge in [-0.1, -0.05) is 25.1 Å². The van der Waals surface area contributed by atoms with Gasteiger partial charge in [-0.05, 0) is 55.7 Å². The highest BCUT2D eigenvalue weighted by atomic mass is 16.2. The number of aryl methyl sites for hydroxylation is 1. The Labute approximate surface area is 164 Å². The zero-order valence-electron chi connectivity index (χ0n) is 16.2. The molecule has 0 aliphatic carbocycles. The third kappa shape index (κ3) is 3.24. The second kappa shape index (κ2) is 7.43. The summed E-state index contributed by atoms with van der Waals surface area (Å²) < 4.78 is 0. The Balaban J connectivity index is 1.64. The van der Waals surface area contributed by atoms with E-state index in [1.807, 2.05) is 62.4 Å². The summed E-state index contributed by atoms with van der Waals surface area (Å²) in [7, 11) is 0. The average molecular weight is 373 g/mol. The number of hydrogen-bond acceptors (Lipinski definition) is 3. The minimum Gasteiger partial charge on any atom is -0.322 e. The van der Waals surface area contributed by atoms with Crippen LogP contribution in [0.25, 0.3) is 10.9 Å². The number of pyridine rings is 1. The maximum atomic E-state index is 13.1. The standard InChI is InChI=1S/C23H23N3O2/c1-3-19-15(2)22(18-7-4-5-8-20(18)25-19)23(28)24-16-10-12-17(13-11-16)26-14-6-9-21(26)27/h4-5,7-8,10-13H,3,6,9,14H2,1-2H3,(H,24,28). The van der Waals surface area contributed by atoms with E-state index in [9.17, 15) is 9.59 Å². The molecule has 1 aliphatic rings. The maximum absolute atomic E-state index is 13.1. The first kappa shape index (κ1) is 18.2. The number of benzene rings is 2. The highest BCUT2D eigenvalue weighted by Crippen LogP contribution is 2.26. The Hall–Kier alpha value is -3.21. The van der Waals surface area contributed by atoms with Crippen LogP contribution >= 0.6 is 0 Å². The van der Waals surface area contributed by atoms with Crippen LogP contribution in [0.15, 0.2) is 48.5 Å². The molecule has 1 N–H and O–H groups in total. The summed E-state index contributed by atoms with van der Waals surface area (Å²) in [5, 5.41) is 3.86. The van der Waals surface area contributed by atoms with Gasteiger partial charge in [0.1, 0.15) is 0 Å². The number of hydrogen-bond donors (Lipinski definition) is 1. The molecule has 3 aromatic rings. The molecule has 0 bridgehead atoms. The normalized spacial score (nSPS) is 13.9. The van der Waals surface area contributed by atoms with Crippen molar-refractivity contribution in [3.63, 3.8) is 0 Å². The fourth-order valence-electron chi connectivity index (χ4n) is 3.83. The second-order valence-corrected chi connectivity index (χ2v) is 7.08. The van der Waals surface area contributed by atoms with Gasteiger partial charge >= 0.3 is 0 Å². The zero-order chi connectivity index (χ0) is 19.7. The Morgan fingerprint density at radius 2 is 1.89 bits per heavy atom. The fraction of sp³-hybridized carbons (Fsp3) is 0.261. The van der Waals surface area contributed by atoms with Crippen molar-refractivity contribution in [3.05, 3.63) is 65.4 Å². The van der Waals surface area contributed by atoms with E-state index in [1.54, 1.807) is 4.90 Å². The predicted octanol–water partition coefficient (Wildman–Crippen LogP) is 4.48. The van der Waals surface area contributed by atoms with E-state index in [-0.39, 0.29) is 11.8 Å². The molecule has 0 unspecified atom stereocenters. The molecule has 1 fully saturated rings. The van der Waals surface area contributed by atoms with E-state index in [0.717, 1.165) is 47.2 Å². The van der Waals surface area contributed by atoms with Crippen LogP contribution in [0.4, 0.5) is 11.4 Å². The predicted molar refractivity (Wildman–Crippen MR) is 112 cm³/mol. The molecule has 2 heterocycles. The largest absolute Gasteiger partial charge is 0.322 e. The van der Waals surface area contributed by atoms with Gasteiger partial charge in [-0.15, -0.1) is 0 Å². The van der Waals surface area contributed by atoms with Crippen molar-refractivity contribution >= 4 is 34.1 Å². The summed E-state index contributed by atoms with van der Waals surface area (Å²) >= 11 is 0. The smallest absolute Gasteiger partial charge is 0.256 e. The summed E-state index contributed by atoms with van der Waals surface area (Å²) in [5.74, 6) is 0.0126. The second-order valence-electron chi connectivity index (χ2n) is 7.08. The minimum atomic E-state index is -0.143. The molecule has 28 heavy (non-hydrogen) atoms. The summed E-state index contributed by atoms with van der Waals surface area (Å²) in [6, 6.07) is 15.2. The fourth-order valence-corrected chi connectivity index (χ4v) is 3.83. The number of nitrogens with one attached hydrogen (secondary N) is 1. The van der Waals surface area contributed by atoms with Crippen molar-refractivity contribution in [2.75, 3.05) is 16.8 Å². The highest BCUT2D eigenvalue weighted by Gasteiger charge is 2.22. The summed E-state index contributed by atoms with van der Waals surface area (Å²) in [6.07, 6.45) is 2.27. The van der Waals surface area contributed by atoms with Gasteiger partial charge in [0.15, 0.2) is 0 Å². The third-order valence-corrected chi connectivity index (χ3v) is 5.31. The average Bonchev–Trinajstić information content (AvgIpc) is 3.14. The molecule has 1 aromatic heterocycles. The van der Waals surface area contributed by atoms with Crippen molar-refractivity contribution in [1.29, 1.82) is 0 Å². The van der Waals surface area contributed by atoms with Gasteiger partial charge in [0.2, 0.25) is 5.91 Å². The van der Waals surface area contributed by atoms with Crippen molar-refractivity contribution in [2.45, 2.75) is 33.1 Å². The number of amides is 2. The molecular formula is C23H23N3O2. The number of rotatable bonds is 4. The molecule has 1 saturated heterocycles. The van der Waals surface area contributed by atoms with E-state index in [4.69, 9.17) is 0 Å². The SMILES string of the molecule is CCc1nc2ccccc2c(C(=O)Nc2ccc(N3CCCC3=O)cc2)c1C. The van der Waals surface area contributed by atoms with Crippen LogP contribution in [0.1, 0.15) is 41.4 Å². The third-order valence-electron chi connectivity index (χ3n) is 5.31. The molecule has 2 aromatic carbocycles. The van der Waals surface area contributed by atoms with Gasteiger partial charge in [0.25, 0.3) is 5.91 Å². The van der Waals surface area contributed by atoms with Crippen molar-refractivity contribution in [3.8, 4) is 0 Å². The van der Waals surface area contributed by atoms with Crippen molar-refractivity contribution < 1.29 is 9.59 Å². The lowest BCUT2D eigenvalue weighted by atomic mass is 9.99. The van der Waals surface area contributed by atoms with Crippen LogP contribution in [0.2, 0.25) is 0 Å². The number of nitrogens with zero attached hydrogens (tertiary/aromatic N) is 2. The van der Waals surface area contributed by atoms with Gasteiger partial charge in [0.05, 0.1) is 11.1 Å². The van der Waals surface area contributed by atoms with Crippen LogP contribution in [-0.2, 0) is 11.2 Å². The Morgan fingerprint density at radius 1 is 1.14 bits per heavy atom. The molecular weight excluding hydrogens is 350 g/mol. The summed E-state index contributed by atoms with van der Waals surface area (Å²) in [4.78, 5) is 31.5. The van der Waals surface area contributed by atoms with E-state index in [2.05, 4.69) is 10.3 Å². The first-order valence-electron chi connectivity index (χ1n) is 9.68. The lowest BCUT2D eigenvalue weighted by Gasteiger charge is -2.17. The molecule has 0 atom stereocenters. The van der Waals surface area contributed by atoms with E-state index in [1.165, 1.54) is 0 Å². The Bertz CT molecular complexity index is 1060. The lowest BCUT2D eigenvalue weighted by Crippen LogP contribution is -2.23. The molecule has 0 radical (unpaired) electrons. The van der Waals surface area contributed by atoms with Crippen LogP contribution in [0.5, 0.6) is 0 Å². The van der Waals surface area contributed by atoms with Crippen molar-refractivity contribution in [2.24, 2.45) is 0 Å². The van der Waals surface area contributed by atoms with Crippen LogP contribution in [-0.4, -0.2) is 23.3 Å². The van der Waals surface area contributed by atoms with Gasteiger partial charge in [-0.25, -0.2) is 0 Å². The van der Waals surface area contributed by atoms with Crippen molar-refractivity contribution in [1.82, 2.24) is 4.98 Å². The summed E-state index contributed by atoms with van der Waals surface area (Å²) in [6.45, 7) is 4.76. The van der Waals surface area contributed by atoms with E-state index >= 15 is 0 Å². The lowest BCUT2D eigenvalue weighted by molar-refractivity contribution is -0.117. The zero-order valence-corrected chi connectivity index (χ0v) is 16.2. The van der Waals surface area contributed by atoms with Gasteiger partial charge in [0, 0.05) is 35.4 Å². The van der Waals surface area contributed by atoms with Gasteiger partial charge < -0.3 is 10.2 Å². The van der Waals surface area contributed by atoms with Crippen LogP contribution in [0.3, 0.4) is 0 Å². The molecule has 5 nitrogen and oxygen atoms in total. The number of carbonyl (C=O) groups is 2. The molecule has 0 saturated carbocycles. The van der Waals surface area contributed by atoms with Gasteiger partial charge in [-0.2, -0.15) is 0 Å². The van der Waals surface area contributed by atoms with Gasteiger partial charge in [-0.3, -0.25) is 14.6 Å². The van der Waals surface area contributed by atoms with E-state index < -0.39 is 0 Å². The monoisotopic (exact) mass is 373 g/mol. The Morgan fingerprint density at radius 3 is 2.57 bits per heavy atom. The number of fused-ring (bicyclic) bond motifs is 1. The number of anilines is 2. The number of aromatic nitrogens is 1. The first-order chi connectivity index (χ1) is 13.6. The number of para-hydroxylation sites is 1. The topological polar surface area (TPSA) is 62.3 Å². The molecule has 4 rings (SSSR count). The van der Waals surface area contributed by atoms with E-state index in [0.29, 0.717) is 17.7 Å². The first-order valence-corrected chi connectivity index (χ1v) is 9.68.